The molecule has 0 radical (unpaired) electrons. The smallest absolute Gasteiger partial charge is 0.123 e. The topological polar surface area (TPSA) is 12.0 Å². The molecule has 2 atom stereocenters. The van der Waals surface area contributed by atoms with Gasteiger partial charge in [0.25, 0.3) is 0 Å². The molecule has 0 bridgehead atoms. The molecule has 1 rings (SSSR count). The predicted molar refractivity (Wildman–Crippen MR) is 71.5 cm³/mol. The zero-order chi connectivity index (χ0) is 12.7. The number of hydrogen-bond donors (Lipinski definition) is 1. The van der Waals surface area contributed by atoms with Crippen LogP contribution in [0.3, 0.4) is 0 Å². The highest BCUT2D eigenvalue weighted by Gasteiger charge is 2.13. The Balaban J connectivity index is 2.67. The Morgan fingerprint density at radius 3 is 2.35 bits per heavy atom. The van der Waals surface area contributed by atoms with Crippen molar-refractivity contribution in [3.05, 3.63) is 35.6 Å². The average Bonchev–Trinajstić information content (AvgIpc) is 2.30. The quantitative estimate of drug-likeness (QED) is 0.745. The number of nitrogens with one attached hydrogen (secondary N) is 1. The fourth-order valence-corrected chi connectivity index (χ4v) is 2.29. The molecule has 96 valence electrons. The molecule has 1 aromatic carbocycles. The van der Waals surface area contributed by atoms with E-state index in [2.05, 4.69) is 26.1 Å². The fraction of sp³-hybridized carbons (Fsp3) is 0.600. The van der Waals surface area contributed by atoms with Gasteiger partial charge in [-0.05, 0) is 36.6 Å². The molecular weight excluding hydrogens is 213 g/mol. The molecule has 1 nitrogen and oxygen atoms in total. The van der Waals surface area contributed by atoms with Gasteiger partial charge < -0.3 is 5.32 Å². The van der Waals surface area contributed by atoms with Crippen molar-refractivity contribution in [2.75, 3.05) is 6.54 Å². The molecule has 0 aliphatic rings. The second kappa shape index (κ2) is 7.44. The van der Waals surface area contributed by atoms with Crippen LogP contribution in [-0.4, -0.2) is 6.54 Å². The summed E-state index contributed by atoms with van der Waals surface area (Å²) in [5.41, 5.74) is 1.19. The molecule has 0 saturated carbocycles. The van der Waals surface area contributed by atoms with E-state index >= 15 is 0 Å². The summed E-state index contributed by atoms with van der Waals surface area (Å²) in [7, 11) is 0. The van der Waals surface area contributed by atoms with E-state index in [0.717, 1.165) is 13.0 Å². The van der Waals surface area contributed by atoms with Crippen molar-refractivity contribution in [3.63, 3.8) is 0 Å². The zero-order valence-corrected chi connectivity index (χ0v) is 11.2. The van der Waals surface area contributed by atoms with Crippen molar-refractivity contribution in [2.45, 2.75) is 46.1 Å². The molecule has 0 aliphatic carbocycles. The summed E-state index contributed by atoms with van der Waals surface area (Å²) < 4.78 is 12.9. The summed E-state index contributed by atoms with van der Waals surface area (Å²) in [6.07, 6.45) is 3.60. The monoisotopic (exact) mass is 237 g/mol. The van der Waals surface area contributed by atoms with Crippen molar-refractivity contribution >= 4 is 0 Å². The van der Waals surface area contributed by atoms with Crippen LogP contribution in [0.4, 0.5) is 4.39 Å². The Kier molecular flexibility index (Phi) is 6.20. The highest BCUT2D eigenvalue weighted by molar-refractivity contribution is 5.20. The molecule has 2 heteroatoms. The fourth-order valence-electron chi connectivity index (χ4n) is 2.29. The molecule has 1 aromatic rings. The minimum absolute atomic E-state index is 0.161. The summed E-state index contributed by atoms with van der Waals surface area (Å²) in [6.45, 7) is 7.57. The third-order valence-electron chi connectivity index (χ3n) is 3.14. The number of halogens is 1. The van der Waals surface area contributed by atoms with Crippen molar-refractivity contribution in [1.82, 2.24) is 5.32 Å². The van der Waals surface area contributed by atoms with Crippen LogP contribution in [0.5, 0.6) is 0 Å². The SMILES string of the molecule is CCCC(C)CC(NCC)c1ccc(F)cc1. The van der Waals surface area contributed by atoms with Gasteiger partial charge in [0.2, 0.25) is 0 Å². The maximum absolute atomic E-state index is 12.9. The minimum atomic E-state index is -0.161. The van der Waals surface area contributed by atoms with Gasteiger partial charge in [0.1, 0.15) is 5.82 Å². The zero-order valence-electron chi connectivity index (χ0n) is 11.2. The molecule has 0 spiro atoms. The van der Waals surface area contributed by atoms with Crippen molar-refractivity contribution in [3.8, 4) is 0 Å². The van der Waals surface area contributed by atoms with E-state index in [-0.39, 0.29) is 5.82 Å². The molecule has 0 amide bonds. The number of benzene rings is 1. The minimum Gasteiger partial charge on any atom is -0.310 e. The van der Waals surface area contributed by atoms with Gasteiger partial charge in [-0.3, -0.25) is 0 Å². The van der Waals surface area contributed by atoms with Gasteiger partial charge in [-0.2, -0.15) is 0 Å². The lowest BCUT2D eigenvalue weighted by Gasteiger charge is -2.22. The molecule has 0 aromatic heterocycles. The second-order valence-corrected chi connectivity index (χ2v) is 4.79. The first-order chi connectivity index (χ1) is 8.17. The Labute approximate surface area is 104 Å². The van der Waals surface area contributed by atoms with Crippen LogP contribution in [0, 0.1) is 11.7 Å². The van der Waals surface area contributed by atoms with Gasteiger partial charge in [-0.1, -0.05) is 45.7 Å². The lowest BCUT2D eigenvalue weighted by molar-refractivity contribution is 0.395. The van der Waals surface area contributed by atoms with E-state index in [1.807, 2.05) is 12.1 Å². The third kappa shape index (κ3) is 4.86. The highest BCUT2D eigenvalue weighted by Crippen LogP contribution is 2.24. The van der Waals surface area contributed by atoms with Crippen LogP contribution in [0.2, 0.25) is 0 Å². The lowest BCUT2D eigenvalue weighted by atomic mass is 9.93. The normalized spacial score (nSPS) is 14.6. The molecule has 0 saturated heterocycles. The molecule has 0 heterocycles. The van der Waals surface area contributed by atoms with Gasteiger partial charge in [0, 0.05) is 6.04 Å². The Morgan fingerprint density at radius 2 is 1.82 bits per heavy atom. The van der Waals surface area contributed by atoms with E-state index in [1.54, 1.807) is 12.1 Å². The van der Waals surface area contributed by atoms with Crippen LogP contribution in [0.1, 0.15) is 51.6 Å². The summed E-state index contributed by atoms with van der Waals surface area (Å²) >= 11 is 0. The molecular formula is C15H24FN. The third-order valence-corrected chi connectivity index (χ3v) is 3.14. The van der Waals surface area contributed by atoms with E-state index in [4.69, 9.17) is 0 Å². The number of rotatable bonds is 7. The van der Waals surface area contributed by atoms with Crippen LogP contribution in [-0.2, 0) is 0 Å². The van der Waals surface area contributed by atoms with E-state index in [1.165, 1.54) is 18.4 Å². The standard InChI is InChI=1S/C15H24FN/c1-4-6-12(3)11-15(17-5-2)13-7-9-14(16)10-8-13/h7-10,12,15,17H,4-6,11H2,1-3H3. The Hall–Kier alpha value is -0.890. The van der Waals surface area contributed by atoms with Gasteiger partial charge in [0.05, 0.1) is 0 Å². The van der Waals surface area contributed by atoms with Crippen LogP contribution >= 0.6 is 0 Å². The maximum atomic E-state index is 12.9. The van der Waals surface area contributed by atoms with Crippen molar-refractivity contribution in [2.24, 2.45) is 5.92 Å². The number of hydrogen-bond acceptors (Lipinski definition) is 1. The Bertz CT molecular complexity index is 307. The maximum Gasteiger partial charge on any atom is 0.123 e. The first-order valence-corrected chi connectivity index (χ1v) is 6.66. The van der Waals surface area contributed by atoms with Crippen LogP contribution in [0.15, 0.2) is 24.3 Å². The molecule has 0 fully saturated rings. The van der Waals surface area contributed by atoms with Gasteiger partial charge in [-0.25, -0.2) is 4.39 Å². The molecule has 1 N–H and O–H groups in total. The van der Waals surface area contributed by atoms with E-state index in [9.17, 15) is 4.39 Å². The molecule has 17 heavy (non-hydrogen) atoms. The van der Waals surface area contributed by atoms with Gasteiger partial charge >= 0.3 is 0 Å². The summed E-state index contributed by atoms with van der Waals surface area (Å²) in [5, 5.41) is 3.49. The molecule has 0 aliphatic heterocycles. The largest absolute Gasteiger partial charge is 0.310 e. The predicted octanol–water partition coefficient (Wildman–Crippen LogP) is 4.30. The van der Waals surface area contributed by atoms with Gasteiger partial charge in [-0.15, -0.1) is 0 Å². The summed E-state index contributed by atoms with van der Waals surface area (Å²) in [4.78, 5) is 0. The van der Waals surface area contributed by atoms with Gasteiger partial charge in [0.15, 0.2) is 0 Å². The second-order valence-electron chi connectivity index (χ2n) is 4.79. The summed E-state index contributed by atoms with van der Waals surface area (Å²) in [6, 6.07) is 7.22. The van der Waals surface area contributed by atoms with E-state index < -0.39 is 0 Å². The van der Waals surface area contributed by atoms with Crippen LogP contribution in [0.25, 0.3) is 0 Å². The van der Waals surface area contributed by atoms with Crippen molar-refractivity contribution < 1.29 is 4.39 Å². The van der Waals surface area contributed by atoms with Crippen molar-refractivity contribution in [1.29, 1.82) is 0 Å². The average molecular weight is 237 g/mol. The Morgan fingerprint density at radius 1 is 1.18 bits per heavy atom. The molecule has 2 unspecified atom stereocenters. The lowest BCUT2D eigenvalue weighted by Crippen LogP contribution is -2.23. The summed E-state index contributed by atoms with van der Waals surface area (Å²) in [5.74, 6) is 0.541. The first-order valence-electron chi connectivity index (χ1n) is 6.66. The van der Waals surface area contributed by atoms with Crippen LogP contribution < -0.4 is 5.32 Å². The first kappa shape index (κ1) is 14.2. The van der Waals surface area contributed by atoms with E-state index in [0.29, 0.717) is 12.0 Å². The highest BCUT2D eigenvalue weighted by atomic mass is 19.1.